The van der Waals surface area contributed by atoms with Crippen molar-refractivity contribution in [2.45, 2.75) is 31.4 Å². The van der Waals surface area contributed by atoms with E-state index in [0.29, 0.717) is 26.2 Å². The fraction of sp³-hybridized carbons (Fsp3) is 0.444. The predicted molar refractivity (Wildman–Crippen MR) is 106 cm³/mol. The number of ether oxygens (including phenoxy) is 1. The van der Waals surface area contributed by atoms with E-state index in [-0.39, 0.29) is 32.8 Å². The van der Waals surface area contributed by atoms with E-state index in [9.17, 15) is 18.0 Å². The molecule has 1 saturated heterocycles. The Morgan fingerprint density at radius 2 is 2.07 bits per heavy atom. The second-order valence-corrected chi connectivity index (χ2v) is 9.10. The number of anilines is 1. The molecule has 1 aromatic carbocycles. The minimum atomic E-state index is -3.59. The number of sulfone groups is 1. The van der Waals surface area contributed by atoms with Gasteiger partial charge in [0.15, 0.2) is 9.84 Å². The number of nitrogens with one attached hydrogen (secondary N) is 1. The standard InChI is InChI=1S/C18H22ClN3O5S/c1-4-22-18(24)13(9-20-22)17(23)12-5-6-14(28(3,25)26)16(15(12)19)21-7-8-27-11(2)10-21/h5-6,9,11,20H,4,7-8,10H2,1-3H3. The van der Waals surface area contributed by atoms with E-state index in [0.717, 1.165) is 6.26 Å². The SMILES string of the molecule is CCn1[nH]cc(C(=O)c2ccc(S(C)(=O)=O)c(N3CCOC(C)C3)c2Cl)c1=O. The van der Waals surface area contributed by atoms with E-state index in [1.54, 1.807) is 6.92 Å². The molecule has 0 saturated carbocycles. The summed E-state index contributed by atoms with van der Waals surface area (Å²) < 4.78 is 31.5. The van der Waals surface area contributed by atoms with Crippen LogP contribution in [0.15, 0.2) is 28.0 Å². The molecular formula is C18H22ClN3O5S. The number of halogens is 1. The zero-order valence-corrected chi connectivity index (χ0v) is 17.4. The molecule has 0 radical (unpaired) electrons. The summed E-state index contributed by atoms with van der Waals surface area (Å²) >= 11 is 6.55. The van der Waals surface area contributed by atoms with Crippen molar-refractivity contribution < 1.29 is 17.9 Å². The number of carbonyl (C=O) groups excluding carboxylic acids is 1. The Kier molecular flexibility index (Phi) is 5.69. The molecule has 1 N–H and O–H groups in total. The minimum absolute atomic E-state index is 0.0191. The van der Waals surface area contributed by atoms with Crippen molar-refractivity contribution in [2.75, 3.05) is 30.9 Å². The van der Waals surface area contributed by atoms with Crippen molar-refractivity contribution >= 4 is 32.9 Å². The summed E-state index contributed by atoms with van der Waals surface area (Å²) in [5, 5.41) is 2.75. The Balaban J connectivity index is 2.16. The van der Waals surface area contributed by atoms with Crippen molar-refractivity contribution in [3.05, 3.63) is 44.8 Å². The first-order chi connectivity index (χ1) is 13.1. The van der Waals surface area contributed by atoms with Gasteiger partial charge in [0.05, 0.1) is 28.3 Å². The van der Waals surface area contributed by atoms with Crippen LogP contribution in [0.25, 0.3) is 0 Å². The van der Waals surface area contributed by atoms with Gasteiger partial charge in [0, 0.05) is 37.7 Å². The zero-order chi connectivity index (χ0) is 20.6. The monoisotopic (exact) mass is 427 g/mol. The first-order valence-electron chi connectivity index (χ1n) is 8.87. The molecule has 0 spiro atoms. The van der Waals surface area contributed by atoms with Crippen LogP contribution in [0.4, 0.5) is 5.69 Å². The average Bonchev–Trinajstić information content (AvgIpc) is 3.00. The van der Waals surface area contributed by atoms with Crippen LogP contribution >= 0.6 is 11.6 Å². The molecule has 1 atom stereocenters. The normalized spacial score (nSPS) is 17.7. The van der Waals surface area contributed by atoms with E-state index >= 15 is 0 Å². The summed E-state index contributed by atoms with van der Waals surface area (Å²) in [5.74, 6) is -0.555. The number of ketones is 1. The van der Waals surface area contributed by atoms with Gasteiger partial charge in [-0.05, 0) is 26.0 Å². The quantitative estimate of drug-likeness (QED) is 0.729. The lowest BCUT2D eigenvalue weighted by atomic mass is 10.0. The highest BCUT2D eigenvalue weighted by molar-refractivity contribution is 7.90. The van der Waals surface area contributed by atoms with E-state index in [4.69, 9.17) is 16.3 Å². The van der Waals surface area contributed by atoms with Crippen LogP contribution in [0.2, 0.25) is 5.02 Å². The molecule has 1 aromatic heterocycles. The molecule has 1 aliphatic rings. The summed E-state index contributed by atoms with van der Waals surface area (Å²) in [6, 6.07) is 2.73. The fourth-order valence-electron chi connectivity index (χ4n) is 3.29. The van der Waals surface area contributed by atoms with Gasteiger partial charge >= 0.3 is 0 Å². The van der Waals surface area contributed by atoms with Crippen LogP contribution in [0.1, 0.15) is 29.8 Å². The number of H-pyrrole nitrogens is 1. The maximum Gasteiger partial charge on any atom is 0.277 e. The van der Waals surface area contributed by atoms with Crippen molar-refractivity contribution in [2.24, 2.45) is 0 Å². The maximum atomic E-state index is 13.0. The van der Waals surface area contributed by atoms with Gasteiger partial charge in [-0.25, -0.2) is 8.42 Å². The molecular weight excluding hydrogens is 406 g/mol. The van der Waals surface area contributed by atoms with Crippen LogP contribution in [0.5, 0.6) is 0 Å². The first kappa shape index (κ1) is 20.6. The molecule has 152 valence electrons. The Bertz CT molecular complexity index is 1070. The van der Waals surface area contributed by atoms with Gasteiger partial charge in [-0.3, -0.25) is 14.3 Å². The van der Waals surface area contributed by atoms with Crippen molar-refractivity contribution in [3.63, 3.8) is 0 Å². The molecule has 2 heterocycles. The Morgan fingerprint density at radius 3 is 2.64 bits per heavy atom. The summed E-state index contributed by atoms with van der Waals surface area (Å²) in [5.41, 5.74) is -0.131. The number of rotatable bonds is 5. The number of nitrogens with zero attached hydrogens (tertiary/aromatic N) is 2. The average molecular weight is 428 g/mol. The van der Waals surface area contributed by atoms with Crippen molar-refractivity contribution in [3.8, 4) is 0 Å². The summed E-state index contributed by atoms with van der Waals surface area (Å²) in [6.07, 6.45) is 2.32. The number of aryl methyl sites for hydroxylation is 1. The number of morpholine rings is 1. The van der Waals surface area contributed by atoms with Crippen LogP contribution < -0.4 is 10.5 Å². The number of carbonyl (C=O) groups is 1. The number of aromatic nitrogens is 2. The van der Waals surface area contributed by atoms with Gasteiger partial charge in [0.1, 0.15) is 5.56 Å². The summed E-state index contributed by atoms with van der Waals surface area (Å²) in [7, 11) is -3.59. The highest BCUT2D eigenvalue weighted by atomic mass is 35.5. The third kappa shape index (κ3) is 3.74. The predicted octanol–water partition coefficient (Wildman–Crippen LogP) is 1.71. The molecule has 3 rings (SSSR count). The Morgan fingerprint density at radius 1 is 1.36 bits per heavy atom. The van der Waals surface area contributed by atoms with E-state index in [1.807, 2.05) is 11.8 Å². The Hall–Kier alpha value is -2.10. The fourth-order valence-corrected chi connectivity index (χ4v) is 4.61. The van der Waals surface area contributed by atoms with Gasteiger partial charge in [-0.2, -0.15) is 0 Å². The van der Waals surface area contributed by atoms with Gasteiger partial charge in [-0.1, -0.05) is 11.6 Å². The smallest absolute Gasteiger partial charge is 0.277 e. The molecule has 0 bridgehead atoms. The lowest BCUT2D eigenvalue weighted by Gasteiger charge is -2.34. The molecule has 10 heteroatoms. The van der Waals surface area contributed by atoms with E-state index in [2.05, 4.69) is 5.10 Å². The zero-order valence-electron chi connectivity index (χ0n) is 15.9. The minimum Gasteiger partial charge on any atom is -0.375 e. The largest absolute Gasteiger partial charge is 0.375 e. The molecule has 28 heavy (non-hydrogen) atoms. The third-order valence-electron chi connectivity index (χ3n) is 4.68. The van der Waals surface area contributed by atoms with Crippen LogP contribution in [-0.4, -0.2) is 56.0 Å². The number of benzene rings is 1. The second-order valence-electron chi connectivity index (χ2n) is 6.74. The van der Waals surface area contributed by atoms with Crippen LogP contribution in [-0.2, 0) is 21.1 Å². The first-order valence-corrected chi connectivity index (χ1v) is 11.1. The van der Waals surface area contributed by atoms with Gasteiger partial charge in [0.25, 0.3) is 5.56 Å². The lowest BCUT2D eigenvalue weighted by Crippen LogP contribution is -2.42. The van der Waals surface area contributed by atoms with Crippen molar-refractivity contribution in [1.29, 1.82) is 0 Å². The Labute approximate surface area is 167 Å². The lowest BCUT2D eigenvalue weighted by molar-refractivity contribution is 0.0530. The topological polar surface area (TPSA) is 101 Å². The molecule has 0 aliphatic carbocycles. The van der Waals surface area contributed by atoms with Crippen LogP contribution in [0, 0.1) is 0 Å². The maximum absolute atomic E-state index is 13.0. The molecule has 0 amide bonds. The molecule has 1 aliphatic heterocycles. The van der Waals surface area contributed by atoms with Gasteiger partial charge < -0.3 is 14.7 Å². The number of aromatic amines is 1. The highest BCUT2D eigenvalue weighted by Crippen LogP contribution is 2.37. The third-order valence-corrected chi connectivity index (χ3v) is 6.19. The highest BCUT2D eigenvalue weighted by Gasteiger charge is 2.29. The summed E-state index contributed by atoms with van der Waals surface area (Å²) in [6.45, 7) is 5.34. The second kappa shape index (κ2) is 7.73. The van der Waals surface area contributed by atoms with E-state index in [1.165, 1.54) is 23.0 Å². The van der Waals surface area contributed by atoms with Crippen LogP contribution in [0.3, 0.4) is 0 Å². The van der Waals surface area contributed by atoms with Gasteiger partial charge in [0.2, 0.25) is 5.78 Å². The summed E-state index contributed by atoms with van der Waals surface area (Å²) in [4.78, 5) is 27.1. The number of hydrogen-bond donors (Lipinski definition) is 1. The number of hydrogen-bond acceptors (Lipinski definition) is 6. The van der Waals surface area contributed by atoms with Crippen molar-refractivity contribution in [1.82, 2.24) is 9.78 Å². The molecule has 1 fully saturated rings. The molecule has 1 unspecified atom stereocenters. The molecule has 2 aromatic rings. The molecule has 8 nitrogen and oxygen atoms in total. The van der Waals surface area contributed by atoms with Gasteiger partial charge in [-0.15, -0.1) is 0 Å². The van der Waals surface area contributed by atoms with E-state index < -0.39 is 21.2 Å².